The fraction of sp³-hybridized carbons (Fsp3) is 0.571. The molecule has 0 heterocycles. The van der Waals surface area contributed by atoms with Crippen LogP contribution in [-0.4, -0.2) is 16.8 Å². The third-order valence-corrected chi connectivity index (χ3v) is 3.67. The van der Waals surface area contributed by atoms with Crippen molar-refractivity contribution in [3.05, 3.63) is 23.8 Å². The van der Waals surface area contributed by atoms with Crippen molar-refractivity contribution in [2.45, 2.75) is 32.7 Å². The summed E-state index contributed by atoms with van der Waals surface area (Å²) >= 11 is 0. The summed E-state index contributed by atoms with van der Waals surface area (Å²) in [6.07, 6.45) is 2.69. The van der Waals surface area contributed by atoms with Gasteiger partial charge in [0.2, 0.25) is 0 Å². The Bertz CT molecular complexity index is 368. The predicted octanol–water partition coefficient (Wildman–Crippen LogP) is 2.79. The van der Waals surface area contributed by atoms with E-state index < -0.39 is 0 Å². The summed E-state index contributed by atoms with van der Waals surface area (Å²) in [5, 5.41) is 22.9. The summed E-state index contributed by atoms with van der Waals surface area (Å²) in [7, 11) is 0. The minimum Gasteiger partial charge on any atom is -0.507 e. The van der Waals surface area contributed by atoms with E-state index in [-0.39, 0.29) is 17.5 Å². The summed E-state index contributed by atoms with van der Waals surface area (Å²) in [6.45, 7) is 5.15. The molecule has 2 atom stereocenters. The number of phenols is 2. The molecule has 0 spiro atoms. The minimum atomic E-state index is -0.0302. The Hall–Kier alpha value is -1.22. The molecule has 0 bridgehead atoms. The van der Waals surface area contributed by atoms with E-state index in [9.17, 15) is 10.2 Å². The average Bonchev–Trinajstić information content (AvgIpc) is 3.09. The molecule has 1 aliphatic carbocycles. The number of hydrogen-bond acceptors (Lipinski definition) is 3. The molecule has 0 radical (unpaired) electrons. The molecule has 3 heteroatoms. The van der Waals surface area contributed by atoms with Crippen LogP contribution >= 0.6 is 0 Å². The van der Waals surface area contributed by atoms with E-state index in [4.69, 9.17) is 0 Å². The summed E-state index contributed by atoms with van der Waals surface area (Å²) in [6, 6.07) is 4.83. The molecule has 94 valence electrons. The lowest BCUT2D eigenvalue weighted by Gasteiger charge is -2.19. The molecule has 2 unspecified atom stereocenters. The summed E-state index contributed by atoms with van der Waals surface area (Å²) in [4.78, 5) is 0. The van der Waals surface area contributed by atoms with Crippen LogP contribution in [0.25, 0.3) is 0 Å². The highest BCUT2D eigenvalue weighted by Gasteiger charge is 2.28. The third kappa shape index (κ3) is 2.91. The Kier molecular flexibility index (Phi) is 3.57. The van der Waals surface area contributed by atoms with Gasteiger partial charge in [-0.2, -0.15) is 0 Å². The van der Waals surface area contributed by atoms with Gasteiger partial charge in [-0.3, -0.25) is 0 Å². The highest BCUT2D eigenvalue weighted by molar-refractivity contribution is 5.44. The van der Waals surface area contributed by atoms with Gasteiger partial charge in [-0.1, -0.05) is 13.0 Å². The highest BCUT2D eigenvalue weighted by atomic mass is 16.3. The maximum absolute atomic E-state index is 9.75. The molecule has 3 nitrogen and oxygen atoms in total. The molecule has 0 saturated heterocycles. The van der Waals surface area contributed by atoms with Crippen LogP contribution in [0.3, 0.4) is 0 Å². The number of aromatic hydroxyl groups is 2. The van der Waals surface area contributed by atoms with Crippen LogP contribution in [0.4, 0.5) is 0 Å². The Morgan fingerprint density at radius 2 is 1.82 bits per heavy atom. The van der Waals surface area contributed by atoms with Crippen LogP contribution in [-0.2, 0) is 0 Å². The third-order valence-electron chi connectivity index (χ3n) is 3.67. The molecule has 0 amide bonds. The lowest BCUT2D eigenvalue weighted by molar-refractivity contribution is 0.396. The molecule has 1 saturated carbocycles. The SMILES string of the molecule is CC(NCC(C)C1CC1)c1c(O)cccc1O. The van der Waals surface area contributed by atoms with E-state index in [0.29, 0.717) is 11.5 Å². The molecule has 2 rings (SSSR count). The van der Waals surface area contributed by atoms with Crippen LogP contribution in [0.2, 0.25) is 0 Å². The van der Waals surface area contributed by atoms with E-state index in [1.807, 2.05) is 6.92 Å². The molecule has 0 aliphatic heterocycles. The monoisotopic (exact) mass is 235 g/mol. The highest BCUT2D eigenvalue weighted by Crippen LogP contribution is 2.37. The standard InChI is InChI=1S/C14H21NO2/c1-9(11-6-7-11)8-15-10(2)14-12(16)4-3-5-13(14)17/h3-5,9-11,15-17H,6-8H2,1-2H3. The van der Waals surface area contributed by atoms with E-state index >= 15 is 0 Å². The van der Waals surface area contributed by atoms with Crippen LogP contribution < -0.4 is 5.32 Å². The molecule has 1 aromatic carbocycles. The fourth-order valence-corrected chi connectivity index (χ4v) is 2.28. The molecule has 3 N–H and O–H groups in total. The van der Waals surface area contributed by atoms with Gasteiger partial charge in [0.1, 0.15) is 11.5 Å². The maximum Gasteiger partial charge on any atom is 0.124 e. The molecule has 1 fully saturated rings. The first-order chi connectivity index (χ1) is 8.09. The quantitative estimate of drug-likeness (QED) is 0.735. The second kappa shape index (κ2) is 4.96. The lowest BCUT2D eigenvalue weighted by Crippen LogP contribution is -2.25. The largest absolute Gasteiger partial charge is 0.507 e. The van der Waals surface area contributed by atoms with E-state index in [1.165, 1.54) is 12.8 Å². The van der Waals surface area contributed by atoms with Gasteiger partial charge in [-0.25, -0.2) is 0 Å². The second-order valence-electron chi connectivity index (χ2n) is 5.15. The normalized spacial score (nSPS) is 18.9. The Labute approximate surface area is 102 Å². The van der Waals surface area contributed by atoms with Crippen molar-refractivity contribution in [2.75, 3.05) is 6.54 Å². The van der Waals surface area contributed by atoms with Gasteiger partial charge in [0.15, 0.2) is 0 Å². The molecular formula is C14H21NO2. The summed E-state index contributed by atoms with van der Waals surface area (Å²) in [5.74, 6) is 1.85. The van der Waals surface area contributed by atoms with Crippen molar-refractivity contribution in [3.8, 4) is 11.5 Å². The Morgan fingerprint density at radius 1 is 1.24 bits per heavy atom. The van der Waals surface area contributed by atoms with E-state index in [0.717, 1.165) is 12.5 Å². The first-order valence-electron chi connectivity index (χ1n) is 6.33. The second-order valence-corrected chi connectivity index (χ2v) is 5.15. The number of hydrogen-bond donors (Lipinski definition) is 3. The number of phenolic OH excluding ortho intramolecular Hbond substituents is 2. The topological polar surface area (TPSA) is 52.5 Å². The van der Waals surface area contributed by atoms with Gasteiger partial charge >= 0.3 is 0 Å². The molecule has 17 heavy (non-hydrogen) atoms. The van der Waals surface area contributed by atoms with Gasteiger partial charge in [0.05, 0.1) is 5.56 Å². The smallest absolute Gasteiger partial charge is 0.124 e. The lowest BCUT2D eigenvalue weighted by atomic mass is 10.0. The van der Waals surface area contributed by atoms with E-state index in [1.54, 1.807) is 18.2 Å². The van der Waals surface area contributed by atoms with Gasteiger partial charge in [-0.05, 0) is 50.3 Å². The maximum atomic E-state index is 9.75. The fourth-order valence-electron chi connectivity index (χ4n) is 2.28. The number of benzene rings is 1. The van der Waals surface area contributed by atoms with Crippen molar-refractivity contribution in [3.63, 3.8) is 0 Å². The van der Waals surface area contributed by atoms with Crippen LogP contribution in [0, 0.1) is 11.8 Å². The van der Waals surface area contributed by atoms with Crippen LogP contribution in [0.1, 0.15) is 38.3 Å². The minimum absolute atomic E-state index is 0.0302. The van der Waals surface area contributed by atoms with Crippen LogP contribution in [0.5, 0.6) is 11.5 Å². The van der Waals surface area contributed by atoms with Gasteiger partial charge < -0.3 is 15.5 Å². The number of nitrogens with one attached hydrogen (secondary N) is 1. The first-order valence-corrected chi connectivity index (χ1v) is 6.33. The van der Waals surface area contributed by atoms with E-state index in [2.05, 4.69) is 12.2 Å². The van der Waals surface area contributed by atoms with Crippen LogP contribution in [0.15, 0.2) is 18.2 Å². The zero-order valence-electron chi connectivity index (χ0n) is 10.5. The molecule has 1 aromatic rings. The zero-order valence-corrected chi connectivity index (χ0v) is 10.5. The molecule has 0 aromatic heterocycles. The average molecular weight is 235 g/mol. The molecular weight excluding hydrogens is 214 g/mol. The Balaban J connectivity index is 1.96. The van der Waals surface area contributed by atoms with Crippen molar-refractivity contribution in [1.29, 1.82) is 0 Å². The predicted molar refractivity (Wildman–Crippen MR) is 68.1 cm³/mol. The van der Waals surface area contributed by atoms with Crippen molar-refractivity contribution < 1.29 is 10.2 Å². The van der Waals surface area contributed by atoms with Gasteiger partial charge in [0, 0.05) is 6.04 Å². The van der Waals surface area contributed by atoms with Gasteiger partial charge in [-0.15, -0.1) is 0 Å². The van der Waals surface area contributed by atoms with Crippen molar-refractivity contribution in [2.24, 2.45) is 11.8 Å². The van der Waals surface area contributed by atoms with Gasteiger partial charge in [0.25, 0.3) is 0 Å². The van der Waals surface area contributed by atoms with Crippen molar-refractivity contribution in [1.82, 2.24) is 5.32 Å². The first kappa shape index (κ1) is 12.2. The summed E-state index contributed by atoms with van der Waals surface area (Å²) < 4.78 is 0. The Morgan fingerprint density at radius 3 is 2.35 bits per heavy atom. The van der Waals surface area contributed by atoms with Crippen molar-refractivity contribution >= 4 is 0 Å². The zero-order chi connectivity index (χ0) is 12.4. The summed E-state index contributed by atoms with van der Waals surface area (Å²) in [5.41, 5.74) is 0.593. The molecule has 1 aliphatic rings. The number of rotatable bonds is 5.